The molecule has 6 heteroatoms. The number of ether oxygens (including phenoxy) is 1. The largest absolute Gasteiger partial charge is 0.493 e. The highest BCUT2D eigenvalue weighted by Crippen LogP contribution is 2.32. The molecule has 3 rings (SSSR count). The zero-order valence-electron chi connectivity index (χ0n) is 12.6. The molecule has 0 aliphatic carbocycles. The SMILES string of the molecule is CCCc1nn2c(C=O)c(-c3ccccc3OCC)nc2s1. The summed E-state index contributed by atoms with van der Waals surface area (Å²) in [6.07, 6.45) is 2.73. The number of fused-ring (bicyclic) bond motifs is 1. The molecule has 0 saturated heterocycles. The zero-order valence-corrected chi connectivity index (χ0v) is 13.4. The molecule has 0 radical (unpaired) electrons. The van der Waals surface area contributed by atoms with Crippen molar-refractivity contribution in [2.75, 3.05) is 6.61 Å². The topological polar surface area (TPSA) is 56.5 Å². The van der Waals surface area contributed by atoms with Crippen molar-refractivity contribution in [2.45, 2.75) is 26.7 Å². The quantitative estimate of drug-likeness (QED) is 0.652. The number of aromatic nitrogens is 3. The number of nitrogens with zero attached hydrogens (tertiary/aromatic N) is 3. The fourth-order valence-corrected chi connectivity index (χ4v) is 3.37. The number of imidazole rings is 1. The number of carbonyl (C=O) groups is 1. The Morgan fingerprint density at radius 3 is 2.86 bits per heavy atom. The summed E-state index contributed by atoms with van der Waals surface area (Å²) in [6.45, 7) is 4.60. The molecule has 0 aliphatic rings. The normalized spacial score (nSPS) is 11.0. The lowest BCUT2D eigenvalue weighted by Gasteiger charge is -2.08. The van der Waals surface area contributed by atoms with Crippen molar-refractivity contribution in [1.82, 2.24) is 14.6 Å². The fraction of sp³-hybridized carbons (Fsp3) is 0.312. The highest BCUT2D eigenvalue weighted by molar-refractivity contribution is 7.16. The van der Waals surface area contributed by atoms with E-state index < -0.39 is 0 Å². The molecule has 2 heterocycles. The summed E-state index contributed by atoms with van der Waals surface area (Å²) in [5.74, 6) is 0.729. The van der Waals surface area contributed by atoms with Gasteiger partial charge in [0.1, 0.15) is 22.1 Å². The van der Waals surface area contributed by atoms with Gasteiger partial charge in [0.2, 0.25) is 4.96 Å². The van der Waals surface area contributed by atoms with Gasteiger partial charge in [-0.2, -0.15) is 9.61 Å². The van der Waals surface area contributed by atoms with Gasteiger partial charge in [-0.05, 0) is 25.5 Å². The molecule has 0 aliphatic heterocycles. The zero-order chi connectivity index (χ0) is 15.5. The predicted molar refractivity (Wildman–Crippen MR) is 86.9 cm³/mol. The van der Waals surface area contributed by atoms with Gasteiger partial charge in [0, 0.05) is 12.0 Å². The molecule has 0 amide bonds. The summed E-state index contributed by atoms with van der Waals surface area (Å²) in [5, 5.41) is 5.49. The molecule has 0 atom stereocenters. The Hall–Kier alpha value is -2.21. The molecule has 0 spiro atoms. The number of carbonyl (C=O) groups excluding carboxylic acids is 1. The van der Waals surface area contributed by atoms with Crippen LogP contribution in [0.3, 0.4) is 0 Å². The van der Waals surface area contributed by atoms with Crippen LogP contribution in [-0.2, 0) is 6.42 Å². The minimum atomic E-state index is 0.473. The van der Waals surface area contributed by atoms with Gasteiger partial charge in [-0.1, -0.05) is 30.4 Å². The van der Waals surface area contributed by atoms with E-state index in [-0.39, 0.29) is 0 Å². The number of aldehydes is 1. The van der Waals surface area contributed by atoms with E-state index in [4.69, 9.17) is 4.74 Å². The number of aryl methyl sites for hydroxylation is 1. The molecular weight excluding hydrogens is 298 g/mol. The van der Waals surface area contributed by atoms with E-state index in [9.17, 15) is 4.79 Å². The summed E-state index contributed by atoms with van der Waals surface area (Å²) in [6, 6.07) is 7.62. The third kappa shape index (κ3) is 2.50. The van der Waals surface area contributed by atoms with E-state index in [1.54, 1.807) is 4.52 Å². The van der Waals surface area contributed by atoms with E-state index in [0.29, 0.717) is 18.0 Å². The Morgan fingerprint density at radius 1 is 1.32 bits per heavy atom. The van der Waals surface area contributed by atoms with E-state index in [0.717, 1.165) is 40.4 Å². The van der Waals surface area contributed by atoms with Crippen LogP contribution in [0.4, 0.5) is 0 Å². The lowest BCUT2D eigenvalue weighted by atomic mass is 10.1. The molecule has 5 nitrogen and oxygen atoms in total. The molecule has 2 aromatic heterocycles. The Bertz CT molecular complexity index is 807. The second-order valence-electron chi connectivity index (χ2n) is 4.83. The van der Waals surface area contributed by atoms with Gasteiger partial charge in [0.05, 0.1) is 6.61 Å². The van der Waals surface area contributed by atoms with Gasteiger partial charge < -0.3 is 4.74 Å². The van der Waals surface area contributed by atoms with Gasteiger partial charge >= 0.3 is 0 Å². The summed E-state index contributed by atoms with van der Waals surface area (Å²) < 4.78 is 7.28. The monoisotopic (exact) mass is 315 g/mol. The van der Waals surface area contributed by atoms with Gasteiger partial charge in [-0.3, -0.25) is 4.79 Å². The minimum absolute atomic E-state index is 0.473. The first-order valence-electron chi connectivity index (χ1n) is 7.34. The number of hydrogen-bond acceptors (Lipinski definition) is 5. The van der Waals surface area contributed by atoms with Gasteiger partial charge in [-0.15, -0.1) is 0 Å². The van der Waals surface area contributed by atoms with Crippen molar-refractivity contribution in [3.8, 4) is 17.0 Å². The summed E-state index contributed by atoms with van der Waals surface area (Å²) in [4.78, 5) is 16.9. The smallest absolute Gasteiger partial charge is 0.213 e. The molecule has 0 bridgehead atoms. The van der Waals surface area contributed by atoms with Crippen LogP contribution in [0.1, 0.15) is 35.8 Å². The van der Waals surface area contributed by atoms with E-state index in [1.165, 1.54) is 11.3 Å². The Labute approximate surface area is 132 Å². The van der Waals surface area contributed by atoms with Crippen LogP contribution in [-0.4, -0.2) is 27.5 Å². The maximum Gasteiger partial charge on any atom is 0.213 e. The van der Waals surface area contributed by atoms with Crippen molar-refractivity contribution < 1.29 is 9.53 Å². The Balaban J connectivity index is 2.15. The maximum absolute atomic E-state index is 11.6. The van der Waals surface area contributed by atoms with Crippen molar-refractivity contribution in [2.24, 2.45) is 0 Å². The van der Waals surface area contributed by atoms with E-state index >= 15 is 0 Å². The average molecular weight is 315 g/mol. The minimum Gasteiger partial charge on any atom is -0.493 e. The van der Waals surface area contributed by atoms with Crippen molar-refractivity contribution >= 4 is 22.6 Å². The predicted octanol–water partition coefficient (Wildman–Crippen LogP) is 3.62. The number of rotatable bonds is 6. The standard InChI is InChI=1S/C16H17N3O2S/c1-3-7-14-18-19-12(10-20)15(17-16(19)22-14)11-8-5-6-9-13(11)21-4-2/h5-6,8-10H,3-4,7H2,1-2H3. The van der Waals surface area contributed by atoms with Crippen LogP contribution in [0.2, 0.25) is 0 Å². The first-order chi connectivity index (χ1) is 10.8. The molecule has 22 heavy (non-hydrogen) atoms. The number of hydrogen-bond donors (Lipinski definition) is 0. The van der Waals surface area contributed by atoms with Crippen molar-refractivity contribution in [1.29, 1.82) is 0 Å². The average Bonchev–Trinajstić information content (AvgIpc) is 3.05. The van der Waals surface area contributed by atoms with Gasteiger partial charge in [0.15, 0.2) is 6.29 Å². The van der Waals surface area contributed by atoms with Crippen molar-refractivity contribution in [3.05, 3.63) is 35.0 Å². The molecule has 0 fully saturated rings. The maximum atomic E-state index is 11.6. The fourth-order valence-electron chi connectivity index (χ4n) is 2.37. The van der Waals surface area contributed by atoms with Crippen LogP contribution < -0.4 is 4.74 Å². The lowest BCUT2D eigenvalue weighted by molar-refractivity contribution is 0.111. The summed E-state index contributed by atoms with van der Waals surface area (Å²) in [5.41, 5.74) is 1.92. The second kappa shape index (κ2) is 6.27. The molecule has 114 valence electrons. The highest BCUT2D eigenvalue weighted by atomic mass is 32.1. The molecule has 0 unspecified atom stereocenters. The van der Waals surface area contributed by atoms with Crippen molar-refractivity contribution in [3.63, 3.8) is 0 Å². The number of para-hydroxylation sites is 1. The van der Waals surface area contributed by atoms with Crippen LogP contribution in [0.5, 0.6) is 5.75 Å². The summed E-state index contributed by atoms with van der Waals surface area (Å²) in [7, 11) is 0. The van der Waals surface area contributed by atoms with Crippen LogP contribution in [0, 0.1) is 0 Å². The number of benzene rings is 1. The molecule has 1 aromatic carbocycles. The third-order valence-electron chi connectivity index (χ3n) is 3.30. The first kappa shape index (κ1) is 14.7. The van der Waals surface area contributed by atoms with E-state index in [1.807, 2.05) is 31.2 Å². The molecule has 0 N–H and O–H groups in total. The van der Waals surface area contributed by atoms with Gasteiger partial charge in [-0.25, -0.2) is 4.98 Å². The van der Waals surface area contributed by atoms with Gasteiger partial charge in [0.25, 0.3) is 0 Å². The Morgan fingerprint density at radius 2 is 2.14 bits per heavy atom. The van der Waals surface area contributed by atoms with E-state index in [2.05, 4.69) is 17.0 Å². The highest BCUT2D eigenvalue weighted by Gasteiger charge is 2.19. The molecule has 3 aromatic rings. The summed E-state index contributed by atoms with van der Waals surface area (Å²) >= 11 is 1.53. The second-order valence-corrected chi connectivity index (χ2v) is 5.87. The molecule has 0 saturated carbocycles. The lowest BCUT2D eigenvalue weighted by Crippen LogP contribution is -1.98. The Kier molecular flexibility index (Phi) is 4.20. The van der Waals surface area contributed by atoms with Crippen LogP contribution in [0.15, 0.2) is 24.3 Å². The molecular formula is C16H17N3O2S. The third-order valence-corrected chi connectivity index (χ3v) is 4.27. The van der Waals surface area contributed by atoms with Crippen LogP contribution in [0.25, 0.3) is 16.2 Å². The van der Waals surface area contributed by atoms with Crippen LogP contribution >= 0.6 is 11.3 Å². The first-order valence-corrected chi connectivity index (χ1v) is 8.16.